The van der Waals surface area contributed by atoms with Crippen LogP contribution >= 0.6 is 0 Å². The number of anilines is 1. The summed E-state index contributed by atoms with van der Waals surface area (Å²) >= 11 is 0. The summed E-state index contributed by atoms with van der Waals surface area (Å²) < 4.78 is 1.97. The Morgan fingerprint density at radius 3 is 2.58 bits per heavy atom. The molecule has 5 rings (SSSR count). The SMILES string of the molecule is CC(C)(C)NC(=O)NCc1ccc(-n2c(-c3cccnc3N)nc3ccc(-c4cn[nH]c4)nc32)cc1. The minimum Gasteiger partial charge on any atom is -0.383 e. The third kappa shape index (κ3) is 4.74. The topological polar surface area (TPSA) is 139 Å². The van der Waals surface area contributed by atoms with Crippen molar-refractivity contribution >= 4 is 23.0 Å². The van der Waals surface area contributed by atoms with Gasteiger partial charge in [0.1, 0.15) is 11.3 Å². The fourth-order valence-corrected chi connectivity index (χ4v) is 3.87. The molecule has 4 aromatic heterocycles. The molecule has 0 saturated heterocycles. The summed E-state index contributed by atoms with van der Waals surface area (Å²) in [6.45, 7) is 6.22. The van der Waals surface area contributed by atoms with Crippen LogP contribution in [0.15, 0.2) is 67.1 Å². The number of aromatic nitrogens is 6. The van der Waals surface area contributed by atoms with Gasteiger partial charge in [-0.15, -0.1) is 0 Å². The first kappa shape index (κ1) is 23.0. The lowest BCUT2D eigenvalue weighted by atomic mass is 10.1. The van der Waals surface area contributed by atoms with Crippen LogP contribution < -0.4 is 16.4 Å². The zero-order valence-electron chi connectivity index (χ0n) is 20.3. The molecule has 5 N–H and O–H groups in total. The van der Waals surface area contributed by atoms with Crippen molar-refractivity contribution in [3.8, 4) is 28.3 Å². The van der Waals surface area contributed by atoms with Gasteiger partial charge < -0.3 is 16.4 Å². The summed E-state index contributed by atoms with van der Waals surface area (Å²) in [5.74, 6) is 1.03. The van der Waals surface area contributed by atoms with Crippen LogP contribution in [0.4, 0.5) is 10.6 Å². The average molecular weight is 482 g/mol. The van der Waals surface area contributed by atoms with Crippen LogP contribution in [0.1, 0.15) is 26.3 Å². The minimum atomic E-state index is -0.302. The monoisotopic (exact) mass is 481 g/mol. The maximum Gasteiger partial charge on any atom is 0.315 e. The lowest BCUT2D eigenvalue weighted by molar-refractivity contribution is 0.231. The summed E-state index contributed by atoms with van der Waals surface area (Å²) in [7, 11) is 0. The lowest BCUT2D eigenvalue weighted by Gasteiger charge is -2.20. The average Bonchev–Trinajstić information content (AvgIpc) is 3.50. The molecule has 0 unspecified atom stereocenters. The second-order valence-electron chi connectivity index (χ2n) is 9.46. The van der Waals surface area contributed by atoms with E-state index in [1.807, 2.05) is 73.9 Å². The number of rotatable bonds is 5. The number of H-pyrrole nitrogens is 1. The molecule has 2 amide bonds. The van der Waals surface area contributed by atoms with Gasteiger partial charge in [0.05, 0.1) is 17.5 Å². The van der Waals surface area contributed by atoms with Gasteiger partial charge >= 0.3 is 6.03 Å². The molecule has 0 aliphatic rings. The number of benzene rings is 1. The summed E-state index contributed by atoms with van der Waals surface area (Å²) in [6, 6.07) is 15.2. The van der Waals surface area contributed by atoms with Gasteiger partial charge in [-0.3, -0.25) is 9.67 Å². The Kier molecular flexibility index (Phi) is 5.85. The predicted octanol–water partition coefficient (Wildman–Crippen LogP) is 4.05. The van der Waals surface area contributed by atoms with Crippen LogP contribution in [0, 0.1) is 0 Å². The van der Waals surface area contributed by atoms with Crippen LogP contribution in [-0.4, -0.2) is 41.3 Å². The van der Waals surface area contributed by atoms with Crippen molar-refractivity contribution in [2.24, 2.45) is 0 Å². The van der Waals surface area contributed by atoms with Crippen molar-refractivity contribution in [1.29, 1.82) is 0 Å². The number of amides is 2. The molecule has 10 nitrogen and oxygen atoms in total. The third-order valence-corrected chi connectivity index (χ3v) is 5.51. The summed E-state index contributed by atoms with van der Waals surface area (Å²) in [5, 5.41) is 12.7. The molecule has 0 saturated carbocycles. The molecule has 0 bridgehead atoms. The standard InChI is InChI=1S/C26H27N9O/c1-26(2,3)34-25(36)29-13-16-6-8-18(9-7-16)35-23(19-5-4-12-28-22(19)27)33-21-11-10-20(32-24(21)35)17-14-30-31-15-17/h4-12,14-15H,13H2,1-3H3,(H2,27,28)(H,30,31)(H2,29,34,36). The van der Waals surface area contributed by atoms with Crippen LogP contribution in [0.25, 0.3) is 39.5 Å². The summed E-state index contributed by atoms with van der Waals surface area (Å²) in [6.07, 6.45) is 5.18. The van der Waals surface area contributed by atoms with E-state index in [1.165, 1.54) is 0 Å². The number of urea groups is 1. The molecule has 0 aliphatic heterocycles. The number of hydrogen-bond acceptors (Lipinski definition) is 6. The van der Waals surface area contributed by atoms with Crippen molar-refractivity contribution < 1.29 is 4.79 Å². The van der Waals surface area contributed by atoms with E-state index >= 15 is 0 Å². The number of nitrogens with zero attached hydrogens (tertiary/aromatic N) is 5. The highest BCUT2D eigenvalue weighted by molar-refractivity contribution is 5.84. The molecule has 0 aliphatic carbocycles. The first-order valence-corrected chi connectivity index (χ1v) is 11.5. The highest BCUT2D eigenvalue weighted by Gasteiger charge is 2.19. The van der Waals surface area contributed by atoms with Crippen molar-refractivity contribution in [1.82, 2.24) is 40.3 Å². The van der Waals surface area contributed by atoms with Gasteiger partial charge in [0.25, 0.3) is 0 Å². The molecule has 10 heteroatoms. The zero-order valence-corrected chi connectivity index (χ0v) is 20.3. The Labute approximate surface area is 208 Å². The van der Waals surface area contributed by atoms with Gasteiger partial charge in [-0.05, 0) is 62.7 Å². The quantitative estimate of drug-likeness (QED) is 0.299. The molecule has 1 aromatic carbocycles. The summed E-state index contributed by atoms with van der Waals surface area (Å²) in [5.41, 5.74) is 11.5. The Hall–Kier alpha value is -4.73. The van der Waals surface area contributed by atoms with E-state index in [9.17, 15) is 4.79 Å². The maximum absolute atomic E-state index is 12.1. The van der Waals surface area contributed by atoms with Gasteiger partial charge in [-0.2, -0.15) is 5.10 Å². The number of pyridine rings is 2. The molecule has 0 radical (unpaired) electrons. The Balaban J connectivity index is 1.54. The van der Waals surface area contributed by atoms with Crippen LogP contribution in [-0.2, 0) is 6.54 Å². The lowest BCUT2D eigenvalue weighted by Crippen LogP contribution is -2.46. The number of carbonyl (C=O) groups is 1. The summed E-state index contributed by atoms with van der Waals surface area (Å²) in [4.78, 5) is 26.1. The molecule has 0 fully saturated rings. The molecule has 182 valence electrons. The highest BCUT2D eigenvalue weighted by Crippen LogP contribution is 2.31. The van der Waals surface area contributed by atoms with Crippen molar-refractivity contribution in [2.75, 3.05) is 5.73 Å². The number of fused-ring (bicyclic) bond motifs is 1. The van der Waals surface area contributed by atoms with Gasteiger partial charge in [0, 0.05) is 35.7 Å². The van der Waals surface area contributed by atoms with E-state index in [4.69, 9.17) is 15.7 Å². The smallest absolute Gasteiger partial charge is 0.315 e. The Morgan fingerprint density at radius 2 is 1.89 bits per heavy atom. The van der Waals surface area contributed by atoms with Gasteiger partial charge in [-0.1, -0.05) is 12.1 Å². The fraction of sp³-hybridized carbons (Fsp3) is 0.192. The molecular weight excluding hydrogens is 454 g/mol. The van der Waals surface area contributed by atoms with E-state index in [0.29, 0.717) is 29.4 Å². The van der Waals surface area contributed by atoms with Gasteiger partial charge in [0.15, 0.2) is 11.5 Å². The largest absolute Gasteiger partial charge is 0.383 e. The zero-order chi connectivity index (χ0) is 25.3. The van der Waals surface area contributed by atoms with E-state index in [0.717, 1.165) is 28.0 Å². The van der Waals surface area contributed by atoms with E-state index in [-0.39, 0.29) is 11.6 Å². The minimum absolute atomic E-state index is 0.211. The first-order chi connectivity index (χ1) is 17.3. The normalized spacial score (nSPS) is 11.5. The Bertz CT molecular complexity index is 1510. The van der Waals surface area contributed by atoms with Crippen molar-refractivity contribution in [3.63, 3.8) is 0 Å². The highest BCUT2D eigenvalue weighted by atomic mass is 16.2. The molecular formula is C26H27N9O. The van der Waals surface area contributed by atoms with Crippen molar-refractivity contribution in [2.45, 2.75) is 32.9 Å². The number of imidazole rings is 1. The van der Waals surface area contributed by atoms with Gasteiger partial charge in [0.2, 0.25) is 0 Å². The van der Waals surface area contributed by atoms with Crippen LogP contribution in [0.3, 0.4) is 0 Å². The number of hydrogen-bond donors (Lipinski definition) is 4. The van der Waals surface area contributed by atoms with E-state index < -0.39 is 0 Å². The number of nitrogen functional groups attached to an aromatic ring is 1. The number of carbonyl (C=O) groups excluding carboxylic acids is 1. The maximum atomic E-state index is 12.1. The van der Waals surface area contributed by atoms with Crippen LogP contribution in [0.2, 0.25) is 0 Å². The molecule has 5 aromatic rings. The predicted molar refractivity (Wildman–Crippen MR) is 139 cm³/mol. The van der Waals surface area contributed by atoms with E-state index in [2.05, 4.69) is 25.8 Å². The molecule has 36 heavy (non-hydrogen) atoms. The molecule has 4 heterocycles. The second kappa shape index (κ2) is 9.14. The number of nitrogens with two attached hydrogens (primary N) is 1. The second-order valence-corrected chi connectivity index (χ2v) is 9.46. The van der Waals surface area contributed by atoms with Crippen LogP contribution in [0.5, 0.6) is 0 Å². The Morgan fingerprint density at radius 1 is 1.08 bits per heavy atom. The third-order valence-electron chi connectivity index (χ3n) is 5.51. The molecule has 0 atom stereocenters. The van der Waals surface area contributed by atoms with E-state index in [1.54, 1.807) is 18.6 Å². The van der Waals surface area contributed by atoms with Crippen molar-refractivity contribution in [3.05, 3.63) is 72.7 Å². The number of aromatic amines is 1. The molecule has 0 spiro atoms. The van der Waals surface area contributed by atoms with Gasteiger partial charge in [-0.25, -0.2) is 19.7 Å². The number of nitrogens with one attached hydrogen (secondary N) is 3. The fourth-order valence-electron chi connectivity index (χ4n) is 3.87. The first-order valence-electron chi connectivity index (χ1n) is 11.5.